The first kappa shape index (κ1) is 15.2. The van der Waals surface area contributed by atoms with Crippen molar-refractivity contribution in [2.24, 2.45) is 0 Å². The number of hydrogen-bond acceptors (Lipinski definition) is 6. The molecule has 1 aromatic carbocycles. The van der Waals surface area contributed by atoms with E-state index in [1.54, 1.807) is 7.11 Å². The lowest BCUT2D eigenvalue weighted by Crippen LogP contribution is -2.18. The Morgan fingerprint density at radius 3 is 2.80 bits per heavy atom. The third-order valence-corrected chi connectivity index (χ3v) is 3.57. The average Bonchev–Trinajstić information content (AvgIpc) is 2.91. The fourth-order valence-corrected chi connectivity index (χ4v) is 2.25. The second-order valence-electron chi connectivity index (χ2n) is 4.05. The molecule has 0 bridgehead atoms. The average molecular weight is 314 g/mol. The maximum atomic E-state index is 5.83. The summed E-state index contributed by atoms with van der Waals surface area (Å²) in [6, 6.07) is 7.53. The van der Waals surface area contributed by atoms with E-state index < -0.39 is 0 Å². The molecule has 0 amide bonds. The van der Waals surface area contributed by atoms with Gasteiger partial charge in [-0.15, -0.1) is 5.10 Å². The lowest BCUT2D eigenvalue weighted by atomic mass is 10.2. The Balaban J connectivity index is 1.76. The molecule has 0 saturated heterocycles. The molecule has 0 saturated carbocycles. The summed E-state index contributed by atoms with van der Waals surface area (Å²) in [6.07, 6.45) is 0. The van der Waals surface area contributed by atoms with Gasteiger partial charge in [0.1, 0.15) is 11.6 Å². The summed E-state index contributed by atoms with van der Waals surface area (Å²) in [5, 5.41) is 13.4. The van der Waals surface area contributed by atoms with Gasteiger partial charge in [-0.25, -0.2) is 0 Å². The highest BCUT2D eigenvalue weighted by molar-refractivity contribution is 7.13. The van der Waals surface area contributed by atoms with Crippen molar-refractivity contribution < 1.29 is 9.47 Å². The van der Waals surface area contributed by atoms with Crippen LogP contribution in [0.2, 0.25) is 5.02 Å². The summed E-state index contributed by atoms with van der Waals surface area (Å²) >= 11 is 7.27. The zero-order valence-electron chi connectivity index (χ0n) is 11.1. The number of ether oxygens (including phenoxy) is 2. The van der Waals surface area contributed by atoms with Gasteiger partial charge in [-0.2, -0.15) is 0 Å². The number of nitrogens with zero attached hydrogens (tertiary/aromatic N) is 2. The molecule has 0 atom stereocenters. The molecule has 0 aliphatic heterocycles. The predicted molar refractivity (Wildman–Crippen MR) is 79.3 cm³/mol. The second kappa shape index (κ2) is 8.16. The van der Waals surface area contributed by atoms with Crippen LogP contribution in [0.15, 0.2) is 24.3 Å². The van der Waals surface area contributed by atoms with E-state index in [0.29, 0.717) is 30.0 Å². The number of aromatic nitrogens is 2. The van der Waals surface area contributed by atoms with E-state index in [1.807, 2.05) is 24.3 Å². The number of methoxy groups -OCH3 is 1. The molecule has 0 radical (unpaired) electrons. The van der Waals surface area contributed by atoms with Crippen molar-refractivity contribution in [3.05, 3.63) is 39.9 Å². The molecule has 108 valence electrons. The highest BCUT2D eigenvalue weighted by Crippen LogP contribution is 2.19. The van der Waals surface area contributed by atoms with Crippen LogP contribution in [0.1, 0.15) is 10.6 Å². The Kier molecular flexibility index (Phi) is 6.20. The normalized spacial score (nSPS) is 10.7. The summed E-state index contributed by atoms with van der Waals surface area (Å²) in [7, 11) is 1.68. The zero-order chi connectivity index (χ0) is 14.2. The minimum atomic E-state index is 0.461. The first-order chi connectivity index (χ1) is 9.78. The number of hydrogen-bond donors (Lipinski definition) is 1. The van der Waals surface area contributed by atoms with E-state index in [1.165, 1.54) is 11.3 Å². The van der Waals surface area contributed by atoms with Crippen LogP contribution < -0.4 is 10.1 Å². The fraction of sp³-hybridized carbons (Fsp3) is 0.385. The zero-order valence-corrected chi connectivity index (χ0v) is 12.7. The van der Waals surface area contributed by atoms with Gasteiger partial charge in [0.25, 0.3) is 5.19 Å². The molecule has 0 aliphatic rings. The lowest BCUT2D eigenvalue weighted by molar-refractivity contribution is 0.199. The standard InChI is InChI=1S/C13H16ClN3O2S/c1-18-7-6-15-8-12-16-17-13(20-12)19-9-10-2-4-11(14)5-3-10/h2-5,15H,6-9H2,1H3. The van der Waals surface area contributed by atoms with E-state index in [0.717, 1.165) is 17.1 Å². The number of rotatable bonds is 8. The molecule has 1 N–H and O–H groups in total. The minimum absolute atomic E-state index is 0.461. The van der Waals surface area contributed by atoms with Gasteiger partial charge in [0.2, 0.25) is 0 Å². The third-order valence-electron chi connectivity index (χ3n) is 2.48. The van der Waals surface area contributed by atoms with E-state index >= 15 is 0 Å². The van der Waals surface area contributed by atoms with Gasteiger partial charge in [-0.1, -0.05) is 40.2 Å². The van der Waals surface area contributed by atoms with Gasteiger partial charge in [-0.3, -0.25) is 0 Å². The smallest absolute Gasteiger partial charge is 0.294 e. The van der Waals surface area contributed by atoms with Crippen molar-refractivity contribution >= 4 is 22.9 Å². The van der Waals surface area contributed by atoms with E-state index in [9.17, 15) is 0 Å². The van der Waals surface area contributed by atoms with Gasteiger partial charge in [0.15, 0.2) is 0 Å². The van der Waals surface area contributed by atoms with Gasteiger partial charge >= 0.3 is 0 Å². The molecule has 5 nitrogen and oxygen atoms in total. The Labute approximate surface area is 126 Å². The largest absolute Gasteiger partial charge is 0.464 e. The van der Waals surface area contributed by atoms with Crippen molar-refractivity contribution in [3.63, 3.8) is 0 Å². The molecular formula is C13H16ClN3O2S. The summed E-state index contributed by atoms with van der Waals surface area (Å²) in [6.45, 7) is 2.60. The topological polar surface area (TPSA) is 56.3 Å². The SMILES string of the molecule is COCCNCc1nnc(OCc2ccc(Cl)cc2)s1. The van der Waals surface area contributed by atoms with Gasteiger partial charge in [0.05, 0.1) is 6.61 Å². The van der Waals surface area contributed by atoms with Crippen molar-refractivity contribution in [3.8, 4) is 5.19 Å². The van der Waals surface area contributed by atoms with E-state index in [-0.39, 0.29) is 0 Å². The fourth-order valence-electron chi connectivity index (χ4n) is 1.46. The summed E-state index contributed by atoms with van der Waals surface area (Å²) in [5.74, 6) is 0. The Hall–Kier alpha value is -1.21. The molecule has 1 aromatic heterocycles. The van der Waals surface area contributed by atoms with Crippen LogP contribution in [0.4, 0.5) is 0 Å². The molecular weight excluding hydrogens is 298 g/mol. The van der Waals surface area contributed by atoms with E-state index in [2.05, 4.69) is 15.5 Å². The highest BCUT2D eigenvalue weighted by atomic mass is 35.5. The summed E-state index contributed by atoms with van der Waals surface area (Å²) in [4.78, 5) is 0. The molecule has 2 aromatic rings. The predicted octanol–water partition coefficient (Wildman–Crippen LogP) is 2.51. The molecule has 2 rings (SSSR count). The summed E-state index contributed by atoms with van der Waals surface area (Å²) in [5.41, 5.74) is 1.05. The quantitative estimate of drug-likeness (QED) is 0.759. The van der Waals surface area contributed by atoms with Crippen LogP contribution in [0.25, 0.3) is 0 Å². The molecule has 7 heteroatoms. The monoisotopic (exact) mass is 313 g/mol. The number of nitrogens with one attached hydrogen (secondary N) is 1. The third kappa shape index (κ3) is 5.05. The minimum Gasteiger partial charge on any atom is -0.464 e. The van der Waals surface area contributed by atoms with Crippen LogP contribution in [-0.2, 0) is 17.9 Å². The van der Waals surface area contributed by atoms with Crippen molar-refractivity contribution in [1.29, 1.82) is 0 Å². The van der Waals surface area contributed by atoms with Crippen LogP contribution in [0, 0.1) is 0 Å². The summed E-state index contributed by atoms with van der Waals surface area (Å²) < 4.78 is 10.5. The van der Waals surface area contributed by atoms with Crippen molar-refractivity contribution in [2.45, 2.75) is 13.2 Å². The molecule has 0 spiro atoms. The van der Waals surface area contributed by atoms with Crippen LogP contribution in [-0.4, -0.2) is 30.5 Å². The number of benzene rings is 1. The Morgan fingerprint density at radius 1 is 1.25 bits per heavy atom. The molecule has 1 heterocycles. The molecule has 0 aliphatic carbocycles. The van der Waals surface area contributed by atoms with Gasteiger partial charge in [0, 0.05) is 25.2 Å². The maximum absolute atomic E-state index is 5.83. The highest BCUT2D eigenvalue weighted by Gasteiger charge is 2.05. The van der Waals surface area contributed by atoms with Gasteiger partial charge in [-0.05, 0) is 17.7 Å². The first-order valence-electron chi connectivity index (χ1n) is 6.17. The van der Waals surface area contributed by atoms with Crippen LogP contribution >= 0.6 is 22.9 Å². The van der Waals surface area contributed by atoms with Crippen LogP contribution in [0.3, 0.4) is 0 Å². The van der Waals surface area contributed by atoms with Crippen LogP contribution in [0.5, 0.6) is 5.19 Å². The molecule has 0 unspecified atom stereocenters. The second-order valence-corrected chi connectivity index (χ2v) is 5.51. The maximum Gasteiger partial charge on any atom is 0.294 e. The Bertz CT molecular complexity index is 519. The number of halogens is 1. The van der Waals surface area contributed by atoms with Gasteiger partial charge < -0.3 is 14.8 Å². The van der Waals surface area contributed by atoms with Crippen molar-refractivity contribution in [1.82, 2.24) is 15.5 Å². The first-order valence-corrected chi connectivity index (χ1v) is 7.36. The Morgan fingerprint density at radius 2 is 2.05 bits per heavy atom. The van der Waals surface area contributed by atoms with E-state index in [4.69, 9.17) is 21.1 Å². The van der Waals surface area contributed by atoms with Crippen molar-refractivity contribution in [2.75, 3.05) is 20.3 Å². The molecule has 20 heavy (non-hydrogen) atoms. The molecule has 0 fully saturated rings. The lowest BCUT2D eigenvalue weighted by Gasteiger charge is -2.01.